The quantitative estimate of drug-likeness (QED) is 0.569. The second kappa shape index (κ2) is 8.50. The van der Waals surface area contributed by atoms with Crippen LogP contribution in [0.4, 0.5) is 27.4 Å². The van der Waals surface area contributed by atoms with Gasteiger partial charge in [0.2, 0.25) is 11.6 Å². The Balaban J connectivity index is 1.70. The lowest BCUT2D eigenvalue weighted by Crippen LogP contribution is -2.39. The Kier molecular flexibility index (Phi) is 5.87. The van der Waals surface area contributed by atoms with Crippen molar-refractivity contribution in [3.8, 4) is 0 Å². The molecule has 9 nitrogen and oxygen atoms in total. The first-order valence-electron chi connectivity index (χ1n) is 8.19. The van der Waals surface area contributed by atoms with E-state index in [0.717, 1.165) is 19.6 Å². The molecular weight excluding hydrogens is 343 g/mol. The minimum atomic E-state index is -0.539. The molecular formula is C16H19FN6O3. The summed E-state index contributed by atoms with van der Waals surface area (Å²) in [6, 6.07) is 5.48. The summed E-state index contributed by atoms with van der Waals surface area (Å²) in [5, 5.41) is 17.3. The Morgan fingerprint density at radius 2 is 1.88 bits per heavy atom. The summed E-state index contributed by atoms with van der Waals surface area (Å²) in [7, 11) is 0. The molecule has 1 saturated heterocycles. The highest BCUT2D eigenvalue weighted by molar-refractivity contribution is 5.73. The molecule has 0 saturated carbocycles. The van der Waals surface area contributed by atoms with E-state index < -0.39 is 10.7 Å². The van der Waals surface area contributed by atoms with Crippen molar-refractivity contribution in [1.82, 2.24) is 14.9 Å². The predicted octanol–water partition coefficient (Wildman–Crippen LogP) is 2.01. The molecule has 2 heterocycles. The van der Waals surface area contributed by atoms with Gasteiger partial charge in [-0.05, 0) is 24.3 Å². The predicted molar refractivity (Wildman–Crippen MR) is 94.1 cm³/mol. The minimum absolute atomic E-state index is 0.0467. The van der Waals surface area contributed by atoms with Crippen LogP contribution >= 0.6 is 0 Å². The molecule has 2 N–H and O–H groups in total. The summed E-state index contributed by atoms with van der Waals surface area (Å²) < 4.78 is 18.3. The summed E-state index contributed by atoms with van der Waals surface area (Å²) in [6.45, 7) is 4.30. The van der Waals surface area contributed by atoms with Crippen molar-refractivity contribution in [2.45, 2.75) is 0 Å². The highest BCUT2D eigenvalue weighted by Gasteiger charge is 2.23. The van der Waals surface area contributed by atoms with E-state index in [2.05, 4.69) is 25.5 Å². The van der Waals surface area contributed by atoms with Crippen molar-refractivity contribution in [2.75, 3.05) is 50.0 Å². The lowest BCUT2D eigenvalue weighted by molar-refractivity contribution is -0.383. The Labute approximate surface area is 149 Å². The van der Waals surface area contributed by atoms with Crippen LogP contribution in [0.25, 0.3) is 0 Å². The number of benzene rings is 1. The molecule has 138 valence electrons. The molecule has 1 fully saturated rings. The van der Waals surface area contributed by atoms with E-state index in [9.17, 15) is 14.5 Å². The number of hydrogen-bond acceptors (Lipinski definition) is 8. The van der Waals surface area contributed by atoms with Gasteiger partial charge in [-0.15, -0.1) is 0 Å². The van der Waals surface area contributed by atoms with Gasteiger partial charge in [-0.2, -0.15) is 0 Å². The van der Waals surface area contributed by atoms with Crippen LogP contribution in [0.15, 0.2) is 30.6 Å². The van der Waals surface area contributed by atoms with Crippen LogP contribution in [0.3, 0.4) is 0 Å². The smallest absolute Gasteiger partial charge is 0.353 e. The average Bonchev–Trinajstić information content (AvgIpc) is 2.64. The lowest BCUT2D eigenvalue weighted by Gasteiger charge is -2.26. The molecule has 10 heteroatoms. The molecule has 1 aromatic carbocycles. The van der Waals surface area contributed by atoms with Gasteiger partial charge in [0.15, 0.2) is 0 Å². The zero-order chi connectivity index (χ0) is 18.4. The number of hydrogen-bond donors (Lipinski definition) is 2. The van der Waals surface area contributed by atoms with E-state index >= 15 is 0 Å². The third kappa shape index (κ3) is 4.61. The Bertz CT molecular complexity index is 752. The zero-order valence-corrected chi connectivity index (χ0v) is 14.0. The molecule has 0 unspecified atom stereocenters. The van der Waals surface area contributed by atoms with Gasteiger partial charge in [0.25, 0.3) is 0 Å². The van der Waals surface area contributed by atoms with E-state index in [1.807, 2.05) is 0 Å². The fourth-order valence-corrected chi connectivity index (χ4v) is 2.60. The number of anilines is 3. The summed E-state index contributed by atoms with van der Waals surface area (Å²) in [6.07, 6.45) is 1.25. The third-order valence-electron chi connectivity index (χ3n) is 3.94. The maximum absolute atomic E-state index is 13.0. The van der Waals surface area contributed by atoms with Crippen molar-refractivity contribution >= 4 is 23.0 Å². The van der Waals surface area contributed by atoms with Crippen LogP contribution in [0, 0.1) is 15.9 Å². The monoisotopic (exact) mass is 362 g/mol. The van der Waals surface area contributed by atoms with Crippen LogP contribution in [-0.2, 0) is 4.74 Å². The van der Waals surface area contributed by atoms with Crippen LogP contribution in [0.5, 0.6) is 0 Å². The van der Waals surface area contributed by atoms with Crippen molar-refractivity contribution < 1.29 is 14.1 Å². The summed E-state index contributed by atoms with van der Waals surface area (Å²) >= 11 is 0. The van der Waals surface area contributed by atoms with Crippen molar-refractivity contribution in [3.05, 3.63) is 46.5 Å². The molecule has 1 aromatic heterocycles. The zero-order valence-electron chi connectivity index (χ0n) is 14.0. The summed E-state index contributed by atoms with van der Waals surface area (Å²) in [4.78, 5) is 21.1. The van der Waals surface area contributed by atoms with Gasteiger partial charge in [-0.3, -0.25) is 15.0 Å². The number of nitrogens with zero attached hydrogens (tertiary/aromatic N) is 4. The normalized spacial score (nSPS) is 14.8. The van der Waals surface area contributed by atoms with E-state index in [0.29, 0.717) is 25.4 Å². The Hall–Kier alpha value is -2.85. The first-order chi connectivity index (χ1) is 12.6. The highest BCUT2D eigenvalue weighted by atomic mass is 19.1. The molecule has 2 aromatic rings. The van der Waals surface area contributed by atoms with Gasteiger partial charge in [-0.1, -0.05) is 0 Å². The van der Waals surface area contributed by atoms with E-state index in [1.54, 1.807) is 0 Å². The van der Waals surface area contributed by atoms with E-state index in [1.165, 1.54) is 30.6 Å². The molecule has 0 aliphatic carbocycles. The molecule has 0 bridgehead atoms. The second-order valence-corrected chi connectivity index (χ2v) is 5.69. The lowest BCUT2D eigenvalue weighted by atomic mass is 10.3. The summed E-state index contributed by atoms with van der Waals surface area (Å²) in [5.74, 6) is -0.202. The molecule has 0 radical (unpaired) electrons. The number of nitrogens with one attached hydrogen (secondary N) is 2. The fraction of sp³-hybridized carbons (Fsp3) is 0.375. The average molecular weight is 362 g/mol. The number of morpholine rings is 1. The SMILES string of the molecule is O=[N+]([O-])c1c(NCCN2CCOCC2)ncnc1Nc1ccc(F)cc1. The third-order valence-corrected chi connectivity index (χ3v) is 3.94. The number of nitro groups is 1. The first kappa shape index (κ1) is 18.0. The molecule has 26 heavy (non-hydrogen) atoms. The van der Waals surface area contributed by atoms with Gasteiger partial charge < -0.3 is 15.4 Å². The van der Waals surface area contributed by atoms with Crippen LogP contribution < -0.4 is 10.6 Å². The van der Waals surface area contributed by atoms with Gasteiger partial charge in [-0.25, -0.2) is 14.4 Å². The van der Waals surface area contributed by atoms with Crippen molar-refractivity contribution in [1.29, 1.82) is 0 Å². The van der Waals surface area contributed by atoms with E-state index in [-0.39, 0.29) is 17.3 Å². The fourth-order valence-electron chi connectivity index (χ4n) is 2.60. The molecule has 0 spiro atoms. The highest BCUT2D eigenvalue weighted by Crippen LogP contribution is 2.30. The number of ether oxygens (including phenoxy) is 1. The molecule has 1 aliphatic rings. The number of aromatic nitrogens is 2. The van der Waals surface area contributed by atoms with E-state index in [4.69, 9.17) is 4.74 Å². The standard InChI is InChI=1S/C16H19FN6O3/c17-12-1-3-13(4-2-12)21-16-14(23(24)25)15(19-11-20-16)18-5-6-22-7-9-26-10-8-22/h1-4,11H,5-10H2,(H2,18,19,20,21). The van der Waals surface area contributed by atoms with Gasteiger partial charge >= 0.3 is 5.69 Å². The van der Waals surface area contributed by atoms with Crippen molar-refractivity contribution in [2.24, 2.45) is 0 Å². The van der Waals surface area contributed by atoms with Gasteiger partial charge in [0.05, 0.1) is 18.1 Å². The van der Waals surface area contributed by atoms with Crippen molar-refractivity contribution in [3.63, 3.8) is 0 Å². The first-order valence-corrected chi connectivity index (χ1v) is 8.19. The Morgan fingerprint density at radius 3 is 2.58 bits per heavy atom. The maximum atomic E-state index is 13.0. The second-order valence-electron chi connectivity index (χ2n) is 5.69. The largest absolute Gasteiger partial charge is 0.379 e. The number of halogens is 1. The topological polar surface area (TPSA) is 105 Å². The van der Waals surface area contributed by atoms with Crippen LogP contribution in [0.2, 0.25) is 0 Å². The summed E-state index contributed by atoms with van der Waals surface area (Å²) in [5.41, 5.74) is 0.242. The van der Waals surface area contributed by atoms with Crippen LogP contribution in [-0.4, -0.2) is 59.2 Å². The Morgan fingerprint density at radius 1 is 1.19 bits per heavy atom. The maximum Gasteiger partial charge on any atom is 0.353 e. The molecule has 0 amide bonds. The minimum Gasteiger partial charge on any atom is -0.379 e. The number of rotatable bonds is 7. The molecule has 3 rings (SSSR count). The van der Waals surface area contributed by atoms with Crippen LogP contribution in [0.1, 0.15) is 0 Å². The molecule has 0 atom stereocenters. The van der Waals surface area contributed by atoms with Gasteiger partial charge in [0, 0.05) is 31.9 Å². The van der Waals surface area contributed by atoms with Gasteiger partial charge in [0.1, 0.15) is 12.1 Å². The molecule has 1 aliphatic heterocycles.